The van der Waals surface area contributed by atoms with Gasteiger partial charge in [0.05, 0.1) is 7.11 Å². The molecule has 0 spiro atoms. The molecule has 0 unspecified atom stereocenters. The Labute approximate surface area is 130 Å². The fourth-order valence-corrected chi connectivity index (χ4v) is 1.61. The molecule has 0 bridgehead atoms. The highest BCUT2D eigenvalue weighted by atomic mass is 35.5. The van der Waals surface area contributed by atoms with Crippen LogP contribution in [-0.2, 0) is 11.2 Å². The van der Waals surface area contributed by atoms with Gasteiger partial charge in [0.15, 0.2) is 5.96 Å². The van der Waals surface area contributed by atoms with E-state index in [1.807, 2.05) is 24.3 Å². The maximum atomic E-state index is 10.3. The van der Waals surface area contributed by atoms with Crippen LogP contribution in [0.5, 0.6) is 5.75 Å². The summed E-state index contributed by atoms with van der Waals surface area (Å²) in [5, 5.41) is 11.5. The van der Waals surface area contributed by atoms with Crippen molar-refractivity contribution in [2.45, 2.75) is 19.3 Å². The minimum absolute atomic E-state index is 0. The van der Waals surface area contributed by atoms with Crippen molar-refractivity contribution in [2.75, 3.05) is 20.2 Å². The van der Waals surface area contributed by atoms with Gasteiger partial charge in [0.1, 0.15) is 5.75 Å². The first-order chi connectivity index (χ1) is 9.61. The summed E-state index contributed by atoms with van der Waals surface area (Å²) in [4.78, 5) is 14.4. The summed E-state index contributed by atoms with van der Waals surface area (Å²) in [5.74, 6) is 0.372. The topological polar surface area (TPSA) is 96.9 Å². The smallest absolute Gasteiger partial charge is 0.303 e. The van der Waals surface area contributed by atoms with E-state index in [0.717, 1.165) is 12.2 Å². The minimum atomic E-state index is -0.814. The van der Waals surface area contributed by atoms with Crippen LogP contribution in [0.1, 0.15) is 18.4 Å². The van der Waals surface area contributed by atoms with E-state index in [-0.39, 0.29) is 18.8 Å². The maximum Gasteiger partial charge on any atom is 0.303 e. The number of carboxylic acid groups (broad SMARTS) is 1. The number of carbonyl (C=O) groups is 1. The lowest BCUT2D eigenvalue weighted by molar-refractivity contribution is -0.137. The van der Waals surface area contributed by atoms with E-state index in [4.69, 9.17) is 15.6 Å². The number of halogens is 1. The zero-order valence-electron chi connectivity index (χ0n) is 12.0. The molecule has 4 N–H and O–H groups in total. The minimum Gasteiger partial charge on any atom is -0.497 e. The highest BCUT2D eigenvalue weighted by molar-refractivity contribution is 5.85. The van der Waals surface area contributed by atoms with Gasteiger partial charge in [-0.05, 0) is 30.5 Å². The Morgan fingerprint density at radius 3 is 2.62 bits per heavy atom. The first-order valence-corrected chi connectivity index (χ1v) is 6.50. The molecule has 21 heavy (non-hydrogen) atoms. The van der Waals surface area contributed by atoms with Gasteiger partial charge in [-0.25, -0.2) is 0 Å². The molecular weight excluding hydrogens is 294 g/mol. The highest BCUT2D eigenvalue weighted by Crippen LogP contribution is 2.11. The van der Waals surface area contributed by atoms with Crippen molar-refractivity contribution < 1.29 is 14.6 Å². The molecule has 1 aromatic carbocycles. The molecule has 118 valence electrons. The van der Waals surface area contributed by atoms with E-state index >= 15 is 0 Å². The Balaban J connectivity index is 0.00000400. The number of methoxy groups -OCH3 is 1. The Bertz CT molecular complexity index is 449. The lowest BCUT2D eigenvalue weighted by Gasteiger charge is -2.06. The molecule has 1 rings (SSSR count). The Hall–Kier alpha value is -1.95. The second kappa shape index (κ2) is 10.8. The van der Waals surface area contributed by atoms with E-state index in [1.165, 1.54) is 5.56 Å². The van der Waals surface area contributed by atoms with E-state index in [0.29, 0.717) is 25.5 Å². The van der Waals surface area contributed by atoms with Crippen LogP contribution in [0.2, 0.25) is 0 Å². The molecule has 0 fully saturated rings. The third-order valence-corrected chi connectivity index (χ3v) is 2.71. The average Bonchev–Trinajstić information content (AvgIpc) is 2.44. The normalized spacial score (nSPS) is 10.6. The van der Waals surface area contributed by atoms with Gasteiger partial charge in [0.25, 0.3) is 0 Å². The first kappa shape index (κ1) is 19.1. The number of guanidine groups is 1. The fourth-order valence-electron chi connectivity index (χ4n) is 1.61. The van der Waals surface area contributed by atoms with Crippen molar-refractivity contribution in [1.82, 2.24) is 5.32 Å². The number of hydrogen-bond acceptors (Lipinski definition) is 3. The Morgan fingerprint density at radius 2 is 2.05 bits per heavy atom. The van der Waals surface area contributed by atoms with Crippen LogP contribution < -0.4 is 15.8 Å². The summed E-state index contributed by atoms with van der Waals surface area (Å²) in [6, 6.07) is 7.83. The summed E-state index contributed by atoms with van der Waals surface area (Å²) in [7, 11) is 1.64. The van der Waals surface area contributed by atoms with Gasteiger partial charge in [-0.3, -0.25) is 9.79 Å². The van der Waals surface area contributed by atoms with Crippen molar-refractivity contribution >= 4 is 24.3 Å². The molecule has 6 nitrogen and oxygen atoms in total. The quantitative estimate of drug-likeness (QED) is 0.383. The largest absolute Gasteiger partial charge is 0.497 e. The van der Waals surface area contributed by atoms with Crippen molar-refractivity contribution in [3.63, 3.8) is 0 Å². The number of rotatable bonds is 8. The lowest BCUT2D eigenvalue weighted by Crippen LogP contribution is -2.33. The number of aliphatic carboxylic acids is 1. The summed E-state index contributed by atoms with van der Waals surface area (Å²) in [6.45, 7) is 1.11. The van der Waals surface area contributed by atoms with Gasteiger partial charge in [0, 0.05) is 19.5 Å². The van der Waals surface area contributed by atoms with Crippen molar-refractivity contribution in [3.8, 4) is 5.75 Å². The van der Waals surface area contributed by atoms with Crippen molar-refractivity contribution in [3.05, 3.63) is 29.8 Å². The number of ether oxygens (including phenoxy) is 1. The zero-order chi connectivity index (χ0) is 14.8. The molecule has 0 atom stereocenters. The van der Waals surface area contributed by atoms with Crippen LogP contribution >= 0.6 is 12.4 Å². The molecule has 7 heteroatoms. The molecule has 0 heterocycles. The number of nitrogens with zero attached hydrogens (tertiary/aromatic N) is 1. The van der Waals surface area contributed by atoms with Crippen LogP contribution in [0.3, 0.4) is 0 Å². The molecule has 0 radical (unpaired) electrons. The van der Waals surface area contributed by atoms with E-state index < -0.39 is 5.97 Å². The maximum absolute atomic E-state index is 10.3. The number of aliphatic imine (C=N–C) groups is 1. The second-order valence-electron chi connectivity index (χ2n) is 4.29. The predicted molar refractivity (Wildman–Crippen MR) is 85.3 cm³/mol. The molecular formula is C14H22ClN3O3. The van der Waals surface area contributed by atoms with Crippen LogP contribution in [0, 0.1) is 0 Å². The highest BCUT2D eigenvalue weighted by Gasteiger charge is 1.97. The van der Waals surface area contributed by atoms with E-state index in [1.54, 1.807) is 7.11 Å². The van der Waals surface area contributed by atoms with Crippen LogP contribution in [-0.4, -0.2) is 37.2 Å². The zero-order valence-corrected chi connectivity index (χ0v) is 12.9. The van der Waals surface area contributed by atoms with Gasteiger partial charge < -0.3 is 20.9 Å². The standard InChI is InChI=1S/C14H21N3O3.ClH/c1-20-12-6-4-11(5-7-12)8-10-17-14(15)16-9-2-3-13(18)19;/h4-7H,2-3,8-10H2,1H3,(H,18,19)(H3,15,16,17);1H. The summed E-state index contributed by atoms with van der Waals surface area (Å²) < 4.78 is 5.09. The molecule has 0 aliphatic carbocycles. The molecule has 0 amide bonds. The van der Waals surface area contributed by atoms with E-state index in [2.05, 4.69) is 10.3 Å². The molecule has 1 aromatic rings. The van der Waals surface area contributed by atoms with Crippen molar-refractivity contribution in [1.29, 1.82) is 0 Å². The van der Waals surface area contributed by atoms with Crippen molar-refractivity contribution in [2.24, 2.45) is 10.7 Å². The van der Waals surface area contributed by atoms with Gasteiger partial charge in [0.2, 0.25) is 0 Å². The Morgan fingerprint density at radius 1 is 1.38 bits per heavy atom. The van der Waals surface area contributed by atoms with Gasteiger partial charge in [-0.2, -0.15) is 0 Å². The van der Waals surface area contributed by atoms with Gasteiger partial charge in [-0.15, -0.1) is 12.4 Å². The monoisotopic (exact) mass is 315 g/mol. The third-order valence-electron chi connectivity index (χ3n) is 2.71. The summed E-state index contributed by atoms with van der Waals surface area (Å²) in [6.07, 6.45) is 1.44. The summed E-state index contributed by atoms with van der Waals surface area (Å²) in [5.41, 5.74) is 6.85. The fraction of sp³-hybridized carbons (Fsp3) is 0.429. The number of nitrogens with two attached hydrogens (primary N) is 1. The average molecular weight is 316 g/mol. The van der Waals surface area contributed by atoms with E-state index in [9.17, 15) is 4.79 Å². The number of hydrogen-bond donors (Lipinski definition) is 3. The number of nitrogens with one attached hydrogen (secondary N) is 1. The third kappa shape index (κ3) is 8.75. The van der Waals surface area contributed by atoms with Crippen LogP contribution in [0.25, 0.3) is 0 Å². The number of benzene rings is 1. The van der Waals surface area contributed by atoms with Crippen LogP contribution in [0.4, 0.5) is 0 Å². The van der Waals surface area contributed by atoms with Crippen LogP contribution in [0.15, 0.2) is 29.3 Å². The van der Waals surface area contributed by atoms with Gasteiger partial charge >= 0.3 is 5.97 Å². The first-order valence-electron chi connectivity index (χ1n) is 6.50. The second-order valence-corrected chi connectivity index (χ2v) is 4.29. The lowest BCUT2D eigenvalue weighted by atomic mass is 10.1. The predicted octanol–water partition coefficient (Wildman–Crippen LogP) is 1.43. The number of carboxylic acids is 1. The molecule has 0 aliphatic heterocycles. The molecule has 0 saturated carbocycles. The SMILES string of the molecule is COc1ccc(CCNC(N)=NCCCC(=O)O)cc1.Cl. The molecule has 0 aliphatic rings. The summed E-state index contributed by atoms with van der Waals surface area (Å²) >= 11 is 0. The Kier molecular flexibility index (Phi) is 9.79. The van der Waals surface area contributed by atoms with Gasteiger partial charge in [-0.1, -0.05) is 12.1 Å². The molecule has 0 aromatic heterocycles. The molecule has 0 saturated heterocycles.